The van der Waals surface area contributed by atoms with Gasteiger partial charge < -0.3 is 11.1 Å². The van der Waals surface area contributed by atoms with E-state index >= 15 is 0 Å². The van der Waals surface area contributed by atoms with Gasteiger partial charge >= 0.3 is 0 Å². The molecular weight excluding hydrogens is 246 g/mol. The Labute approximate surface area is 113 Å². The Morgan fingerprint density at radius 3 is 2.68 bits per heavy atom. The number of hydrogen-bond acceptors (Lipinski definition) is 2. The van der Waals surface area contributed by atoms with Gasteiger partial charge in [-0.15, -0.1) is 0 Å². The van der Waals surface area contributed by atoms with Crippen molar-refractivity contribution in [3.63, 3.8) is 0 Å². The normalized spacial score (nSPS) is 24.2. The average molecular weight is 268 g/mol. The smallest absolute Gasteiger partial charge is 0.265 e. The summed E-state index contributed by atoms with van der Waals surface area (Å²) in [6, 6.07) is 5.00. The molecule has 0 saturated heterocycles. The van der Waals surface area contributed by atoms with Gasteiger partial charge in [0.05, 0.1) is 0 Å². The van der Waals surface area contributed by atoms with Crippen molar-refractivity contribution in [2.75, 3.05) is 11.1 Å². The number of benzene rings is 1. The quantitative estimate of drug-likeness (QED) is 0.621. The van der Waals surface area contributed by atoms with Gasteiger partial charge in [0.25, 0.3) is 6.43 Å². The maximum Gasteiger partial charge on any atom is 0.265 e. The largest absolute Gasteiger partial charge is 0.399 e. The first kappa shape index (κ1) is 14.1. The summed E-state index contributed by atoms with van der Waals surface area (Å²) in [6.45, 7) is 2.20. The molecule has 0 aliphatic heterocycles. The second-order valence-electron chi connectivity index (χ2n) is 5.51. The highest BCUT2D eigenvalue weighted by atomic mass is 19.3. The summed E-state index contributed by atoms with van der Waals surface area (Å²) >= 11 is 0. The number of nitrogen functional groups attached to an aromatic ring is 1. The number of hydrogen-bond donors (Lipinski definition) is 2. The molecule has 1 aliphatic rings. The summed E-state index contributed by atoms with van der Waals surface area (Å²) in [5, 5.41) is 3.31. The lowest BCUT2D eigenvalue weighted by molar-refractivity contribution is 0.152. The lowest BCUT2D eigenvalue weighted by Gasteiger charge is -2.25. The minimum atomic E-state index is -2.49. The molecule has 1 aromatic rings. The van der Waals surface area contributed by atoms with Gasteiger partial charge in [-0.2, -0.15) is 0 Å². The van der Waals surface area contributed by atoms with Gasteiger partial charge in [0.15, 0.2) is 0 Å². The van der Waals surface area contributed by atoms with E-state index in [9.17, 15) is 8.78 Å². The van der Waals surface area contributed by atoms with Crippen LogP contribution in [0.5, 0.6) is 0 Å². The summed E-state index contributed by atoms with van der Waals surface area (Å²) < 4.78 is 26.1. The topological polar surface area (TPSA) is 38.0 Å². The fourth-order valence-electron chi connectivity index (χ4n) is 2.80. The Morgan fingerprint density at radius 2 is 1.95 bits per heavy atom. The zero-order valence-electron chi connectivity index (χ0n) is 11.3. The minimum absolute atomic E-state index is 0.0106. The standard InChI is InChI=1S/C15H22F2N2/c1-10-5-3-2-4-6-13(10)19-14-8-7-11(18)9-12(14)15(16)17/h7-10,13,15,19H,2-6,18H2,1H3. The van der Waals surface area contributed by atoms with Gasteiger partial charge in [0.1, 0.15) is 0 Å². The van der Waals surface area contributed by atoms with Crippen molar-refractivity contribution < 1.29 is 8.78 Å². The Hall–Kier alpha value is -1.32. The summed E-state index contributed by atoms with van der Waals surface area (Å²) in [4.78, 5) is 0. The van der Waals surface area contributed by atoms with E-state index in [4.69, 9.17) is 5.73 Å². The maximum absolute atomic E-state index is 13.0. The molecule has 0 amide bonds. The third-order valence-electron chi connectivity index (χ3n) is 4.01. The van der Waals surface area contributed by atoms with Gasteiger partial charge in [0.2, 0.25) is 0 Å². The van der Waals surface area contributed by atoms with Crippen LogP contribution in [-0.2, 0) is 0 Å². The molecule has 1 saturated carbocycles. The molecule has 4 heteroatoms. The third-order valence-corrected chi connectivity index (χ3v) is 4.01. The highest BCUT2D eigenvalue weighted by molar-refractivity contribution is 5.59. The van der Waals surface area contributed by atoms with Crippen LogP contribution >= 0.6 is 0 Å². The number of rotatable bonds is 3. The molecule has 3 N–H and O–H groups in total. The lowest BCUT2D eigenvalue weighted by Crippen LogP contribution is -2.26. The molecule has 2 unspecified atom stereocenters. The summed E-state index contributed by atoms with van der Waals surface area (Å²) in [5.74, 6) is 0.519. The van der Waals surface area contributed by atoms with Gasteiger partial charge in [0, 0.05) is 23.0 Å². The second-order valence-corrected chi connectivity index (χ2v) is 5.51. The highest BCUT2D eigenvalue weighted by Crippen LogP contribution is 2.32. The fourth-order valence-corrected chi connectivity index (χ4v) is 2.80. The summed E-state index contributed by atoms with van der Waals surface area (Å²) in [5.41, 5.74) is 6.51. The van der Waals surface area contributed by atoms with Crippen LogP contribution in [-0.4, -0.2) is 6.04 Å². The molecule has 1 fully saturated rings. The predicted octanol–water partition coefficient (Wildman–Crippen LogP) is 4.59. The molecule has 2 nitrogen and oxygen atoms in total. The van der Waals surface area contributed by atoms with Crippen molar-refractivity contribution in [2.45, 2.75) is 51.5 Å². The molecule has 1 aliphatic carbocycles. The van der Waals surface area contributed by atoms with Crippen LogP contribution in [0, 0.1) is 5.92 Å². The molecule has 0 heterocycles. The van der Waals surface area contributed by atoms with Crippen LogP contribution in [0.25, 0.3) is 0 Å². The lowest BCUT2D eigenvalue weighted by atomic mass is 9.96. The van der Waals surface area contributed by atoms with E-state index in [2.05, 4.69) is 12.2 Å². The first-order valence-corrected chi connectivity index (χ1v) is 7.02. The summed E-state index contributed by atoms with van der Waals surface area (Å²) in [6.07, 6.45) is 3.37. The number of nitrogens with one attached hydrogen (secondary N) is 1. The Balaban J connectivity index is 2.17. The third kappa shape index (κ3) is 3.58. The first-order chi connectivity index (χ1) is 9.08. The monoisotopic (exact) mass is 268 g/mol. The SMILES string of the molecule is CC1CCCCCC1Nc1ccc(N)cc1C(F)F. The van der Waals surface area contributed by atoms with Crippen molar-refractivity contribution in [2.24, 2.45) is 5.92 Å². The van der Waals surface area contributed by atoms with Crippen LogP contribution in [0.2, 0.25) is 0 Å². The van der Waals surface area contributed by atoms with Gasteiger partial charge in [-0.1, -0.05) is 26.2 Å². The van der Waals surface area contributed by atoms with E-state index in [0.717, 1.165) is 12.8 Å². The number of nitrogens with two attached hydrogens (primary N) is 1. The zero-order chi connectivity index (χ0) is 13.8. The van der Waals surface area contributed by atoms with E-state index in [0.29, 0.717) is 17.3 Å². The molecule has 19 heavy (non-hydrogen) atoms. The molecule has 0 spiro atoms. The average Bonchev–Trinajstić information content (AvgIpc) is 2.57. The van der Waals surface area contributed by atoms with E-state index < -0.39 is 6.43 Å². The van der Waals surface area contributed by atoms with Crippen LogP contribution in [0.1, 0.15) is 51.0 Å². The fraction of sp³-hybridized carbons (Fsp3) is 0.600. The van der Waals surface area contributed by atoms with E-state index in [1.807, 2.05) is 0 Å². The highest BCUT2D eigenvalue weighted by Gasteiger charge is 2.22. The second kappa shape index (κ2) is 6.22. The summed E-state index contributed by atoms with van der Waals surface area (Å²) in [7, 11) is 0. The Morgan fingerprint density at radius 1 is 1.21 bits per heavy atom. The Bertz CT molecular complexity index is 421. The molecule has 2 rings (SSSR count). The zero-order valence-corrected chi connectivity index (χ0v) is 11.3. The Kier molecular flexibility index (Phi) is 4.61. The van der Waals surface area contributed by atoms with Crippen molar-refractivity contribution >= 4 is 11.4 Å². The van der Waals surface area contributed by atoms with E-state index in [-0.39, 0.29) is 11.6 Å². The van der Waals surface area contributed by atoms with Crippen molar-refractivity contribution in [1.29, 1.82) is 0 Å². The number of alkyl halides is 2. The first-order valence-electron chi connectivity index (χ1n) is 7.02. The molecule has 2 atom stereocenters. The van der Waals surface area contributed by atoms with Crippen LogP contribution in [0.3, 0.4) is 0 Å². The van der Waals surface area contributed by atoms with E-state index in [1.165, 1.54) is 25.3 Å². The van der Waals surface area contributed by atoms with E-state index in [1.54, 1.807) is 12.1 Å². The van der Waals surface area contributed by atoms with Crippen LogP contribution in [0.15, 0.2) is 18.2 Å². The number of anilines is 2. The van der Waals surface area contributed by atoms with Crippen LogP contribution in [0.4, 0.5) is 20.2 Å². The van der Waals surface area contributed by atoms with Crippen molar-refractivity contribution in [1.82, 2.24) is 0 Å². The van der Waals surface area contributed by atoms with Gasteiger partial charge in [-0.25, -0.2) is 8.78 Å². The number of halogens is 2. The maximum atomic E-state index is 13.0. The van der Waals surface area contributed by atoms with Gasteiger partial charge in [-0.05, 0) is 37.0 Å². The van der Waals surface area contributed by atoms with Crippen molar-refractivity contribution in [3.05, 3.63) is 23.8 Å². The molecule has 0 bridgehead atoms. The molecule has 0 radical (unpaired) electrons. The molecular formula is C15H22F2N2. The van der Waals surface area contributed by atoms with Crippen LogP contribution < -0.4 is 11.1 Å². The van der Waals surface area contributed by atoms with Crippen molar-refractivity contribution in [3.8, 4) is 0 Å². The molecule has 1 aromatic carbocycles. The molecule has 106 valence electrons. The minimum Gasteiger partial charge on any atom is -0.399 e. The van der Waals surface area contributed by atoms with Gasteiger partial charge in [-0.3, -0.25) is 0 Å². The predicted molar refractivity (Wildman–Crippen MR) is 75.5 cm³/mol. The molecule has 0 aromatic heterocycles.